The van der Waals surface area contributed by atoms with Gasteiger partial charge in [-0.3, -0.25) is 9.80 Å². The molecule has 5 nitrogen and oxygen atoms in total. The lowest BCUT2D eigenvalue weighted by molar-refractivity contribution is 0.944. The normalized spacial score (nSPS) is 10.7. The lowest BCUT2D eigenvalue weighted by Gasteiger charge is -2.11. The summed E-state index contributed by atoms with van der Waals surface area (Å²) in [5, 5.41) is 11.3. The van der Waals surface area contributed by atoms with Crippen LogP contribution in [0.2, 0.25) is 5.02 Å². The number of rotatable bonds is 2. The molecule has 0 aliphatic heterocycles. The van der Waals surface area contributed by atoms with E-state index in [2.05, 4.69) is 15.3 Å². The Kier molecular flexibility index (Phi) is 3.02. The van der Waals surface area contributed by atoms with Gasteiger partial charge in [0.05, 0.1) is 6.20 Å². The van der Waals surface area contributed by atoms with Crippen LogP contribution >= 0.6 is 11.6 Å². The van der Waals surface area contributed by atoms with Crippen molar-refractivity contribution < 1.29 is 0 Å². The molecule has 1 rings (SSSR count). The van der Waals surface area contributed by atoms with Gasteiger partial charge < -0.3 is 0 Å². The quantitative estimate of drug-likeness (QED) is 0.569. The van der Waals surface area contributed by atoms with Crippen molar-refractivity contribution in [3.05, 3.63) is 21.6 Å². The number of halogens is 1. The number of nitrogens with one attached hydrogen (secondary N) is 1. The van der Waals surface area contributed by atoms with E-state index in [4.69, 9.17) is 11.6 Å². The van der Waals surface area contributed by atoms with Crippen LogP contribution in [0.25, 0.3) is 0 Å². The summed E-state index contributed by atoms with van der Waals surface area (Å²) < 4.78 is 0. The molecule has 1 aromatic heterocycles. The van der Waals surface area contributed by atoms with Crippen LogP contribution in [0.3, 0.4) is 0 Å². The van der Waals surface area contributed by atoms with E-state index in [0.29, 0.717) is 5.69 Å². The molecule has 70 valence electrons. The van der Waals surface area contributed by atoms with Crippen molar-refractivity contribution in [1.82, 2.24) is 10.2 Å². The monoisotopic (exact) mass is 200 g/mol. The van der Waals surface area contributed by atoms with Gasteiger partial charge in [-0.05, 0) is 6.92 Å². The van der Waals surface area contributed by atoms with Gasteiger partial charge in [-0.1, -0.05) is 11.6 Å². The van der Waals surface area contributed by atoms with Crippen LogP contribution in [-0.2, 0) is 0 Å². The number of aromatic amines is 1. The predicted octanol–water partition coefficient (Wildman–Crippen LogP) is 0.865. The summed E-state index contributed by atoms with van der Waals surface area (Å²) >= 11 is 5.72. The van der Waals surface area contributed by atoms with Crippen molar-refractivity contribution in [2.75, 3.05) is 12.1 Å². The van der Waals surface area contributed by atoms with E-state index in [0.717, 1.165) is 0 Å². The van der Waals surface area contributed by atoms with Gasteiger partial charge in [0.25, 0.3) is 5.56 Å². The zero-order valence-electron chi connectivity index (χ0n) is 7.28. The van der Waals surface area contributed by atoms with Crippen LogP contribution < -0.4 is 10.6 Å². The second-order valence-corrected chi connectivity index (χ2v) is 2.67. The number of anilines is 1. The van der Waals surface area contributed by atoms with E-state index in [9.17, 15) is 4.79 Å². The van der Waals surface area contributed by atoms with Gasteiger partial charge in [0.1, 0.15) is 10.7 Å². The highest BCUT2D eigenvalue weighted by molar-refractivity contribution is 6.32. The van der Waals surface area contributed by atoms with Gasteiger partial charge in [0, 0.05) is 13.3 Å². The van der Waals surface area contributed by atoms with E-state index < -0.39 is 5.56 Å². The number of hydrogen-bond donors (Lipinski definition) is 1. The van der Waals surface area contributed by atoms with Gasteiger partial charge in [0.15, 0.2) is 0 Å². The predicted molar refractivity (Wildman–Crippen MR) is 52.4 cm³/mol. The van der Waals surface area contributed by atoms with Crippen molar-refractivity contribution in [2.24, 2.45) is 5.10 Å². The topological polar surface area (TPSA) is 61.4 Å². The molecule has 0 spiro atoms. The molecule has 0 bridgehead atoms. The largest absolute Gasteiger partial charge is 0.285 e. The van der Waals surface area contributed by atoms with E-state index >= 15 is 0 Å². The van der Waals surface area contributed by atoms with Gasteiger partial charge >= 0.3 is 0 Å². The van der Waals surface area contributed by atoms with Crippen molar-refractivity contribution in [2.45, 2.75) is 6.92 Å². The van der Waals surface area contributed by atoms with Crippen LogP contribution in [0.4, 0.5) is 5.69 Å². The molecular formula is C7H9ClN4O. The first-order chi connectivity index (χ1) is 6.16. The van der Waals surface area contributed by atoms with Crippen LogP contribution in [-0.4, -0.2) is 23.5 Å². The van der Waals surface area contributed by atoms with Crippen LogP contribution in [0, 0.1) is 0 Å². The minimum absolute atomic E-state index is 0.0862. The zero-order chi connectivity index (χ0) is 9.84. The first-order valence-corrected chi connectivity index (χ1v) is 4.00. The van der Waals surface area contributed by atoms with Gasteiger partial charge in [-0.25, -0.2) is 5.10 Å². The number of hydrazone groups is 1. The maximum absolute atomic E-state index is 11.0. The molecule has 1 heterocycles. The Labute approximate surface area is 80.0 Å². The molecule has 0 amide bonds. The second-order valence-electron chi connectivity index (χ2n) is 2.30. The minimum Gasteiger partial charge on any atom is -0.266 e. The molecule has 0 aliphatic carbocycles. The lowest BCUT2D eigenvalue weighted by Crippen LogP contribution is -2.16. The second kappa shape index (κ2) is 4.04. The summed E-state index contributed by atoms with van der Waals surface area (Å²) in [5.41, 5.74) is 0.0563. The Bertz CT molecular complexity index is 373. The lowest BCUT2D eigenvalue weighted by atomic mass is 10.4. The number of aromatic nitrogens is 2. The Balaban J connectivity index is 3.15. The first-order valence-electron chi connectivity index (χ1n) is 3.62. The van der Waals surface area contributed by atoms with Crippen molar-refractivity contribution >= 4 is 23.5 Å². The zero-order valence-corrected chi connectivity index (χ0v) is 8.04. The maximum atomic E-state index is 11.0. The average molecular weight is 201 g/mol. The van der Waals surface area contributed by atoms with Crippen molar-refractivity contribution in [3.8, 4) is 0 Å². The molecule has 13 heavy (non-hydrogen) atoms. The fourth-order valence-electron chi connectivity index (χ4n) is 0.835. The third-order valence-electron chi connectivity index (χ3n) is 1.41. The third kappa shape index (κ3) is 2.06. The Morgan fingerprint density at radius 2 is 2.46 bits per heavy atom. The summed E-state index contributed by atoms with van der Waals surface area (Å²) in [5.74, 6) is 0. The Morgan fingerprint density at radius 1 is 1.77 bits per heavy atom. The number of hydrogen-bond acceptors (Lipinski definition) is 4. The fraction of sp³-hybridized carbons (Fsp3) is 0.286. The molecule has 1 aromatic rings. The van der Waals surface area contributed by atoms with E-state index in [-0.39, 0.29) is 5.02 Å². The Hall–Kier alpha value is -1.36. The SMILES string of the molecule is C/C=N/N(C)c1cn[nH]c(=O)c1Cl. The summed E-state index contributed by atoms with van der Waals surface area (Å²) in [4.78, 5) is 11.0. The highest BCUT2D eigenvalue weighted by Gasteiger charge is 2.07. The molecule has 0 aliphatic rings. The first kappa shape index (κ1) is 9.73. The van der Waals surface area contributed by atoms with Crippen molar-refractivity contribution in [1.29, 1.82) is 0 Å². The third-order valence-corrected chi connectivity index (χ3v) is 1.78. The molecule has 0 atom stereocenters. The molecule has 0 fully saturated rings. The van der Waals surface area contributed by atoms with Gasteiger partial charge in [-0.15, -0.1) is 0 Å². The number of nitrogens with zero attached hydrogens (tertiary/aromatic N) is 3. The van der Waals surface area contributed by atoms with E-state index in [1.165, 1.54) is 11.2 Å². The highest BCUT2D eigenvalue weighted by atomic mass is 35.5. The summed E-state index contributed by atoms with van der Waals surface area (Å²) in [7, 11) is 1.68. The molecule has 0 radical (unpaired) electrons. The molecule has 0 unspecified atom stereocenters. The van der Waals surface area contributed by atoms with E-state index in [1.54, 1.807) is 20.2 Å². The molecule has 1 N–H and O–H groups in total. The van der Waals surface area contributed by atoms with Gasteiger partial charge in [-0.2, -0.15) is 10.2 Å². The highest BCUT2D eigenvalue weighted by Crippen LogP contribution is 2.18. The molecule has 0 aromatic carbocycles. The smallest absolute Gasteiger partial charge is 0.266 e. The maximum Gasteiger partial charge on any atom is 0.285 e. The fourth-order valence-corrected chi connectivity index (χ4v) is 1.05. The van der Waals surface area contributed by atoms with Crippen LogP contribution in [0.5, 0.6) is 0 Å². The van der Waals surface area contributed by atoms with Crippen molar-refractivity contribution in [3.63, 3.8) is 0 Å². The van der Waals surface area contributed by atoms with Crippen LogP contribution in [0.1, 0.15) is 6.92 Å². The average Bonchev–Trinajstić information content (AvgIpc) is 2.10. The molecule has 0 saturated heterocycles. The van der Waals surface area contributed by atoms with E-state index in [1.807, 2.05) is 0 Å². The van der Waals surface area contributed by atoms with Gasteiger partial charge in [0.2, 0.25) is 0 Å². The molecule has 6 heteroatoms. The molecular weight excluding hydrogens is 192 g/mol. The Morgan fingerprint density at radius 3 is 3.08 bits per heavy atom. The minimum atomic E-state index is -0.419. The van der Waals surface area contributed by atoms with Crippen LogP contribution in [0.15, 0.2) is 16.1 Å². The summed E-state index contributed by atoms with van der Waals surface area (Å²) in [6, 6.07) is 0. The number of H-pyrrole nitrogens is 1. The summed E-state index contributed by atoms with van der Waals surface area (Å²) in [6.07, 6.45) is 3.04. The summed E-state index contributed by atoms with van der Waals surface area (Å²) in [6.45, 7) is 1.77. The standard InChI is InChI=1S/C7H9ClN4O/c1-3-10-12(2)5-4-9-11-7(13)6(5)8/h3-4H,1-2H3,(H,11,13)/b10-3+. The molecule has 0 saturated carbocycles.